The fourth-order valence-electron chi connectivity index (χ4n) is 3.11. The van der Waals surface area contributed by atoms with E-state index in [0.717, 1.165) is 22.3 Å². The minimum absolute atomic E-state index is 0.147. The first-order valence-electron chi connectivity index (χ1n) is 10.1. The van der Waals surface area contributed by atoms with E-state index in [9.17, 15) is 8.42 Å². The van der Waals surface area contributed by atoms with Gasteiger partial charge in [-0.1, -0.05) is 49.4 Å². The third-order valence-corrected chi connectivity index (χ3v) is 6.72. The Balaban J connectivity index is 1.58. The van der Waals surface area contributed by atoms with Gasteiger partial charge in [-0.15, -0.1) is 4.83 Å². The number of thiazole rings is 1. The Morgan fingerprint density at radius 1 is 1.00 bits per heavy atom. The Kier molecular flexibility index (Phi) is 6.35. The van der Waals surface area contributed by atoms with Gasteiger partial charge in [-0.25, -0.2) is 18.4 Å². The summed E-state index contributed by atoms with van der Waals surface area (Å²) in [7, 11) is -3.76. The Labute approximate surface area is 191 Å². The van der Waals surface area contributed by atoms with Crippen molar-refractivity contribution in [2.45, 2.75) is 32.1 Å². The lowest BCUT2D eigenvalue weighted by atomic mass is 10.1. The molecule has 4 rings (SSSR count). The van der Waals surface area contributed by atoms with Crippen LogP contribution < -0.4 is 15.6 Å². The van der Waals surface area contributed by atoms with Gasteiger partial charge in [0, 0.05) is 11.8 Å². The molecule has 0 atom stereocenters. The monoisotopic (exact) mass is 468 g/mol. The first kappa shape index (κ1) is 22.1. The molecule has 0 amide bonds. The molecular formula is C22H24N6O2S2. The van der Waals surface area contributed by atoms with Gasteiger partial charge < -0.3 is 5.32 Å². The number of rotatable bonds is 8. The van der Waals surface area contributed by atoms with Gasteiger partial charge in [0.25, 0.3) is 10.0 Å². The molecule has 0 radical (unpaired) electrons. The molecule has 4 aromatic rings. The Morgan fingerprint density at radius 2 is 1.78 bits per heavy atom. The SMILES string of the molecule is Cc1ccc2nc(Nc3cc(CC(C)C)nc(NNS(=O)(=O)c4ccccc4)n3)sc2c1. The van der Waals surface area contributed by atoms with Crippen LogP contribution in [0.2, 0.25) is 0 Å². The number of hydrazine groups is 1. The highest BCUT2D eigenvalue weighted by Crippen LogP contribution is 2.29. The van der Waals surface area contributed by atoms with E-state index in [-0.39, 0.29) is 10.8 Å². The molecular weight excluding hydrogens is 444 g/mol. The lowest BCUT2D eigenvalue weighted by Gasteiger charge is -2.12. The predicted octanol–water partition coefficient (Wildman–Crippen LogP) is 4.64. The normalized spacial score (nSPS) is 11.8. The second-order valence-electron chi connectivity index (χ2n) is 7.82. The maximum atomic E-state index is 12.5. The summed E-state index contributed by atoms with van der Waals surface area (Å²) in [6.45, 7) is 6.23. The predicted molar refractivity (Wildman–Crippen MR) is 129 cm³/mol. The lowest BCUT2D eigenvalue weighted by molar-refractivity contribution is 0.587. The van der Waals surface area contributed by atoms with E-state index in [4.69, 9.17) is 0 Å². The summed E-state index contributed by atoms with van der Waals surface area (Å²) in [5.74, 6) is 1.06. The fraction of sp³-hybridized carbons (Fsp3) is 0.227. The van der Waals surface area contributed by atoms with Crippen LogP contribution in [-0.4, -0.2) is 23.4 Å². The van der Waals surface area contributed by atoms with Gasteiger partial charge in [0.1, 0.15) is 5.82 Å². The number of aryl methyl sites for hydroxylation is 1. The van der Waals surface area contributed by atoms with Gasteiger partial charge in [-0.3, -0.25) is 5.43 Å². The van der Waals surface area contributed by atoms with Crippen LogP contribution in [-0.2, 0) is 16.4 Å². The molecule has 2 heterocycles. The summed E-state index contributed by atoms with van der Waals surface area (Å²) in [5.41, 5.74) is 5.51. The molecule has 0 bridgehead atoms. The second-order valence-corrected chi connectivity index (χ2v) is 10.5. The minimum atomic E-state index is -3.76. The van der Waals surface area contributed by atoms with Gasteiger partial charge >= 0.3 is 0 Å². The Hall–Kier alpha value is -3.08. The van der Waals surface area contributed by atoms with Crippen LogP contribution in [0.4, 0.5) is 16.9 Å². The van der Waals surface area contributed by atoms with Crippen LogP contribution in [0.3, 0.4) is 0 Å². The van der Waals surface area contributed by atoms with Gasteiger partial charge in [0.15, 0.2) is 5.13 Å². The van der Waals surface area contributed by atoms with Crippen molar-refractivity contribution in [2.24, 2.45) is 5.92 Å². The summed E-state index contributed by atoms with van der Waals surface area (Å²) in [6.07, 6.45) is 0.719. The molecule has 2 aromatic carbocycles. The maximum absolute atomic E-state index is 12.5. The standard InChI is InChI=1S/C22H24N6O2S2/c1-14(2)11-16-13-20(26-22-24-18-10-9-15(3)12-19(18)31-22)25-21(23-16)27-28-32(29,30)17-7-5-4-6-8-17/h4-10,12-14,28H,11H2,1-3H3,(H2,23,24,25,26,27). The van der Waals surface area contributed by atoms with Crippen molar-refractivity contribution >= 4 is 48.5 Å². The Morgan fingerprint density at radius 3 is 2.53 bits per heavy atom. The molecule has 0 aliphatic carbocycles. The molecule has 0 fully saturated rings. The van der Waals surface area contributed by atoms with Crippen molar-refractivity contribution in [3.05, 3.63) is 65.9 Å². The molecule has 166 valence electrons. The largest absolute Gasteiger partial charge is 0.316 e. The first-order chi connectivity index (χ1) is 15.3. The zero-order valence-corrected chi connectivity index (χ0v) is 19.6. The van der Waals surface area contributed by atoms with Crippen LogP contribution in [0.5, 0.6) is 0 Å². The molecule has 0 unspecified atom stereocenters. The highest BCUT2D eigenvalue weighted by Gasteiger charge is 2.15. The molecule has 2 aromatic heterocycles. The van der Waals surface area contributed by atoms with E-state index >= 15 is 0 Å². The van der Waals surface area contributed by atoms with Gasteiger partial charge in [0.2, 0.25) is 5.95 Å². The number of fused-ring (bicyclic) bond motifs is 1. The number of nitrogens with zero attached hydrogens (tertiary/aromatic N) is 3. The summed E-state index contributed by atoms with van der Waals surface area (Å²) in [4.78, 5) is 16.0. The molecule has 0 aliphatic rings. The molecule has 3 N–H and O–H groups in total. The first-order valence-corrected chi connectivity index (χ1v) is 12.4. The van der Waals surface area contributed by atoms with Crippen molar-refractivity contribution in [1.82, 2.24) is 19.8 Å². The van der Waals surface area contributed by atoms with Gasteiger partial charge in [0.05, 0.1) is 15.1 Å². The molecule has 10 heteroatoms. The van der Waals surface area contributed by atoms with E-state index in [2.05, 4.69) is 50.4 Å². The van der Waals surface area contributed by atoms with Crippen molar-refractivity contribution in [3.8, 4) is 0 Å². The van der Waals surface area contributed by atoms with Crippen molar-refractivity contribution < 1.29 is 8.42 Å². The van der Waals surface area contributed by atoms with E-state index in [1.807, 2.05) is 25.1 Å². The van der Waals surface area contributed by atoms with Crippen LogP contribution in [0, 0.1) is 12.8 Å². The molecule has 8 nitrogen and oxygen atoms in total. The number of anilines is 3. The number of aromatic nitrogens is 3. The average molecular weight is 469 g/mol. The fourth-order valence-corrected chi connectivity index (χ4v) is 4.94. The summed E-state index contributed by atoms with van der Waals surface area (Å²) in [6, 6.07) is 16.1. The number of hydrogen-bond donors (Lipinski definition) is 3. The summed E-state index contributed by atoms with van der Waals surface area (Å²) >= 11 is 1.53. The molecule has 0 saturated carbocycles. The third-order valence-electron chi connectivity index (χ3n) is 4.53. The van der Waals surface area contributed by atoms with Crippen molar-refractivity contribution in [1.29, 1.82) is 0 Å². The average Bonchev–Trinajstić information content (AvgIpc) is 3.13. The van der Waals surface area contributed by atoms with Gasteiger partial charge in [-0.2, -0.15) is 4.98 Å². The second kappa shape index (κ2) is 9.19. The number of hydrogen-bond acceptors (Lipinski definition) is 8. The maximum Gasteiger partial charge on any atom is 0.257 e. The molecule has 0 saturated heterocycles. The van der Waals surface area contributed by atoms with E-state index in [1.165, 1.54) is 29.0 Å². The van der Waals surface area contributed by atoms with Crippen molar-refractivity contribution in [2.75, 3.05) is 10.7 Å². The summed E-state index contributed by atoms with van der Waals surface area (Å²) < 4.78 is 26.1. The molecule has 0 aliphatic heterocycles. The lowest BCUT2D eigenvalue weighted by Crippen LogP contribution is -2.30. The number of sulfonamides is 1. The quantitative estimate of drug-likeness (QED) is 0.323. The van der Waals surface area contributed by atoms with Crippen LogP contribution >= 0.6 is 11.3 Å². The van der Waals surface area contributed by atoms with Gasteiger partial charge in [-0.05, 0) is 49.1 Å². The van der Waals surface area contributed by atoms with Crippen molar-refractivity contribution in [3.63, 3.8) is 0 Å². The van der Waals surface area contributed by atoms with E-state index < -0.39 is 10.0 Å². The Bertz CT molecular complexity index is 1340. The topological polar surface area (TPSA) is 109 Å². The van der Waals surface area contributed by atoms with Crippen LogP contribution in [0.25, 0.3) is 10.2 Å². The number of nitrogens with one attached hydrogen (secondary N) is 3. The zero-order valence-electron chi connectivity index (χ0n) is 18.0. The third kappa shape index (κ3) is 5.39. The zero-order chi connectivity index (χ0) is 22.7. The van der Waals surface area contributed by atoms with E-state index in [1.54, 1.807) is 18.2 Å². The van der Waals surface area contributed by atoms with E-state index in [0.29, 0.717) is 16.9 Å². The smallest absolute Gasteiger partial charge is 0.257 e. The highest BCUT2D eigenvalue weighted by atomic mass is 32.2. The summed E-state index contributed by atoms with van der Waals surface area (Å²) in [5, 5.41) is 3.94. The van der Waals surface area contributed by atoms with Crippen LogP contribution in [0.1, 0.15) is 25.1 Å². The van der Waals surface area contributed by atoms with Crippen LogP contribution in [0.15, 0.2) is 59.5 Å². The minimum Gasteiger partial charge on any atom is -0.316 e. The highest BCUT2D eigenvalue weighted by molar-refractivity contribution is 7.89. The number of benzene rings is 2. The molecule has 0 spiro atoms. The molecule has 32 heavy (non-hydrogen) atoms.